The van der Waals surface area contributed by atoms with Crippen LogP contribution in [0.5, 0.6) is 11.5 Å². The van der Waals surface area contributed by atoms with Crippen molar-refractivity contribution in [3.05, 3.63) is 61.2 Å². The molecule has 28 heavy (non-hydrogen) atoms. The van der Waals surface area contributed by atoms with Crippen LogP contribution in [0, 0.1) is 0 Å². The molecule has 0 aliphatic carbocycles. The Balaban J connectivity index is 1.54. The van der Waals surface area contributed by atoms with E-state index in [-0.39, 0.29) is 11.8 Å². The summed E-state index contributed by atoms with van der Waals surface area (Å²) in [6, 6.07) is 14.8. The molecule has 0 radical (unpaired) electrons. The normalized spacial score (nSPS) is 15.4. The topological polar surface area (TPSA) is 67.9 Å². The first-order valence-corrected chi connectivity index (χ1v) is 9.29. The Morgan fingerprint density at radius 2 is 2.07 bits per heavy atom. The van der Waals surface area contributed by atoms with E-state index < -0.39 is 6.10 Å². The summed E-state index contributed by atoms with van der Waals surface area (Å²) in [5.41, 5.74) is 1.31. The summed E-state index contributed by atoms with van der Waals surface area (Å²) in [6.07, 6.45) is 2.06. The molecule has 2 aromatic carbocycles. The van der Waals surface area contributed by atoms with Crippen molar-refractivity contribution in [1.82, 2.24) is 0 Å². The van der Waals surface area contributed by atoms with Crippen LogP contribution in [0.4, 0.5) is 11.4 Å². The van der Waals surface area contributed by atoms with Gasteiger partial charge >= 0.3 is 0 Å². The van der Waals surface area contributed by atoms with Crippen LogP contribution in [0.25, 0.3) is 0 Å². The van der Waals surface area contributed by atoms with Crippen molar-refractivity contribution in [3.8, 4) is 11.5 Å². The van der Waals surface area contributed by atoms with E-state index in [1.165, 1.54) is 0 Å². The monoisotopic (exact) mass is 380 g/mol. The Labute approximate surface area is 164 Å². The molecule has 146 valence electrons. The largest absolute Gasteiger partial charge is 0.494 e. The van der Waals surface area contributed by atoms with Crippen LogP contribution in [0.3, 0.4) is 0 Å². The third-order valence-electron chi connectivity index (χ3n) is 4.32. The lowest BCUT2D eigenvalue weighted by molar-refractivity contribution is -0.125. The number of ether oxygens (including phenoxy) is 2. The lowest BCUT2D eigenvalue weighted by Crippen LogP contribution is -2.44. The van der Waals surface area contributed by atoms with Gasteiger partial charge in [0.2, 0.25) is 5.91 Å². The fourth-order valence-electron chi connectivity index (χ4n) is 2.97. The SMILES string of the molecule is C=CCN1C(=O)C(C)Oc2cc(NC(=O)CCCOc3ccccc3)ccc21. The molecule has 6 heteroatoms. The number of carbonyl (C=O) groups excluding carboxylic acids is 2. The second-order valence-corrected chi connectivity index (χ2v) is 6.49. The van der Waals surface area contributed by atoms with Gasteiger partial charge in [-0.15, -0.1) is 6.58 Å². The third-order valence-corrected chi connectivity index (χ3v) is 4.32. The van der Waals surface area contributed by atoms with Crippen molar-refractivity contribution < 1.29 is 19.1 Å². The number of anilines is 2. The van der Waals surface area contributed by atoms with Crippen molar-refractivity contribution in [2.45, 2.75) is 25.9 Å². The van der Waals surface area contributed by atoms with Gasteiger partial charge in [0.1, 0.15) is 11.5 Å². The van der Waals surface area contributed by atoms with Crippen molar-refractivity contribution in [3.63, 3.8) is 0 Å². The van der Waals surface area contributed by atoms with Gasteiger partial charge in [-0.2, -0.15) is 0 Å². The number of nitrogens with zero attached hydrogens (tertiary/aromatic N) is 1. The molecule has 3 rings (SSSR count). The number of nitrogens with one attached hydrogen (secondary N) is 1. The number of carbonyl (C=O) groups is 2. The molecule has 0 saturated carbocycles. The van der Waals surface area contributed by atoms with Gasteiger partial charge in [-0.05, 0) is 37.6 Å². The standard InChI is InChI=1S/C22H24N2O4/c1-3-13-24-19-12-11-17(15-20(19)28-16(2)22(24)26)23-21(25)10-7-14-27-18-8-5-4-6-9-18/h3-6,8-9,11-12,15-16H,1,7,10,13-14H2,2H3,(H,23,25). The number of fused-ring (bicyclic) bond motifs is 1. The number of amides is 2. The van der Waals surface area contributed by atoms with E-state index in [4.69, 9.17) is 9.47 Å². The van der Waals surface area contributed by atoms with Crippen LogP contribution >= 0.6 is 0 Å². The molecule has 0 aromatic heterocycles. The Morgan fingerprint density at radius 1 is 1.29 bits per heavy atom. The van der Waals surface area contributed by atoms with Gasteiger partial charge in [-0.1, -0.05) is 24.3 Å². The molecule has 6 nitrogen and oxygen atoms in total. The zero-order chi connectivity index (χ0) is 19.9. The molecule has 0 spiro atoms. The van der Waals surface area contributed by atoms with Crippen molar-refractivity contribution >= 4 is 23.2 Å². The van der Waals surface area contributed by atoms with Crippen molar-refractivity contribution in [2.24, 2.45) is 0 Å². The second kappa shape index (κ2) is 9.08. The van der Waals surface area contributed by atoms with E-state index in [1.54, 1.807) is 36.1 Å². The molecule has 2 aromatic rings. The van der Waals surface area contributed by atoms with E-state index in [1.807, 2.05) is 30.3 Å². The molecule has 2 amide bonds. The Hall–Kier alpha value is -3.28. The zero-order valence-electron chi connectivity index (χ0n) is 15.9. The number of para-hydroxylation sites is 1. The Bertz CT molecular complexity index is 851. The molecule has 1 atom stereocenters. The van der Waals surface area contributed by atoms with Crippen LogP contribution < -0.4 is 19.7 Å². The maximum atomic E-state index is 12.3. The van der Waals surface area contributed by atoms with E-state index >= 15 is 0 Å². The van der Waals surface area contributed by atoms with Crippen LogP contribution in [-0.4, -0.2) is 31.1 Å². The van der Waals surface area contributed by atoms with Crippen molar-refractivity contribution in [1.29, 1.82) is 0 Å². The molecule has 1 aliphatic rings. The first-order chi connectivity index (χ1) is 13.6. The van der Waals surface area contributed by atoms with E-state index in [0.29, 0.717) is 43.1 Å². The third kappa shape index (κ3) is 4.71. The summed E-state index contributed by atoms with van der Waals surface area (Å²) in [5, 5.41) is 2.87. The average Bonchev–Trinajstić information content (AvgIpc) is 2.69. The fourth-order valence-corrected chi connectivity index (χ4v) is 2.97. The van der Waals surface area contributed by atoms with Gasteiger partial charge in [0.25, 0.3) is 5.91 Å². The first kappa shape index (κ1) is 19.5. The van der Waals surface area contributed by atoms with Crippen LogP contribution in [0.15, 0.2) is 61.2 Å². The molecule has 1 unspecified atom stereocenters. The van der Waals surface area contributed by atoms with Gasteiger partial charge < -0.3 is 19.7 Å². The van der Waals surface area contributed by atoms with E-state index in [2.05, 4.69) is 11.9 Å². The van der Waals surface area contributed by atoms with Gasteiger partial charge in [-0.3, -0.25) is 9.59 Å². The van der Waals surface area contributed by atoms with Crippen LogP contribution in [0.1, 0.15) is 19.8 Å². The molecule has 1 N–H and O–H groups in total. The van der Waals surface area contributed by atoms with Gasteiger partial charge in [-0.25, -0.2) is 0 Å². The lowest BCUT2D eigenvalue weighted by atomic mass is 10.1. The molecule has 0 saturated heterocycles. The van der Waals surface area contributed by atoms with Gasteiger partial charge in [0.05, 0.1) is 12.3 Å². The average molecular weight is 380 g/mol. The quantitative estimate of drug-likeness (QED) is 0.559. The van der Waals surface area contributed by atoms with Crippen LogP contribution in [0.2, 0.25) is 0 Å². The highest BCUT2D eigenvalue weighted by Crippen LogP contribution is 2.36. The van der Waals surface area contributed by atoms with Gasteiger partial charge in [0, 0.05) is 24.7 Å². The summed E-state index contributed by atoms with van der Waals surface area (Å²) >= 11 is 0. The maximum Gasteiger partial charge on any atom is 0.268 e. The summed E-state index contributed by atoms with van der Waals surface area (Å²) < 4.78 is 11.3. The maximum absolute atomic E-state index is 12.3. The number of hydrogen-bond donors (Lipinski definition) is 1. The second-order valence-electron chi connectivity index (χ2n) is 6.49. The Kier molecular flexibility index (Phi) is 6.32. The highest BCUT2D eigenvalue weighted by Gasteiger charge is 2.30. The predicted octanol–water partition coefficient (Wildman–Crippen LogP) is 3.78. The fraction of sp³-hybridized carbons (Fsp3) is 0.273. The minimum Gasteiger partial charge on any atom is -0.494 e. The minimum absolute atomic E-state index is 0.0977. The molecular weight excluding hydrogens is 356 g/mol. The predicted molar refractivity (Wildman–Crippen MR) is 109 cm³/mol. The molecule has 1 heterocycles. The van der Waals surface area contributed by atoms with E-state index in [0.717, 1.165) is 5.75 Å². The van der Waals surface area contributed by atoms with Crippen LogP contribution in [-0.2, 0) is 9.59 Å². The Morgan fingerprint density at radius 3 is 2.82 bits per heavy atom. The highest BCUT2D eigenvalue weighted by atomic mass is 16.5. The number of rotatable bonds is 8. The van der Waals surface area contributed by atoms with Crippen molar-refractivity contribution in [2.75, 3.05) is 23.4 Å². The van der Waals surface area contributed by atoms with Gasteiger partial charge in [0.15, 0.2) is 6.10 Å². The number of benzene rings is 2. The summed E-state index contributed by atoms with van der Waals surface area (Å²) in [5.74, 6) is 1.16. The lowest BCUT2D eigenvalue weighted by Gasteiger charge is -2.32. The molecular formula is C22H24N2O4. The first-order valence-electron chi connectivity index (χ1n) is 9.29. The summed E-state index contributed by atoms with van der Waals surface area (Å²) in [4.78, 5) is 26.1. The minimum atomic E-state index is -0.575. The number of hydrogen-bond acceptors (Lipinski definition) is 4. The molecule has 0 fully saturated rings. The smallest absolute Gasteiger partial charge is 0.268 e. The van der Waals surface area contributed by atoms with E-state index in [9.17, 15) is 9.59 Å². The highest BCUT2D eigenvalue weighted by molar-refractivity contribution is 6.01. The molecule has 0 bridgehead atoms. The summed E-state index contributed by atoms with van der Waals surface area (Å²) in [7, 11) is 0. The molecule has 1 aliphatic heterocycles. The summed E-state index contributed by atoms with van der Waals surface area (Å²) in [6.45, 7) is 6.29. The zero-order valence-corrected chi connectivity index (χ0v) is 15.9.